The SMILES string of the molecule is Cc1c(Oc2ccnc3cc(-n4cccn4)ccc23)cccc1C(=O)NCc1cc(F)cc(F)c1. The van der Waals surface area contributed by atoms with E-state index >= 15 is 0 Å². The molecule has 35 heavy (non-hydrogen) atoms. The van der Waals surface area contributed by atoms with E-state index in [9.17, 15) is 13.6 Å². The Labute approximate surface area is 199 Å². The molecule has 5 rings (SSSR count). The lowest BCUT2D eigenvalue weighted by Gasteiger charge is -2.14. The van der Waals surface area contributed by atoms with Gasteiger partial charge in [0.1, 0.15) is 23.1 Å². The van der Waals surface area contributed by atoms with E-state index in [-0.39, 0.29) is 12.5 Å². The Bertz CT molecular complexity index is 1510. The molecule has 1 amide bonds. The maximum atomic E-state index is 13.4. The Morgan fingerprint density at radius 2 is 1.80 bits per heavy atom. The average Bonchev–Trinajstić information content (AvgIpc) is 3.38. The Balaban J connectivity index is 1.38. The van der Waals surface area contributed by atoms with Crippen LogP contribution in [0.25, 0.3) is 16.6 Å². The van der Waals surface area contributed by atoms with Crippen molar-refractivity contribution in [2.24, 2.45) is 0 Å². The Morgan fingerprint density at radius 1 is 0.971 bits per heavy atom. The van der Waals surface area contributed by atoms with Gasteiger partial charge in [-0.1, -0.05) is 6.07 Å². The van der Waals surface area contributed by atoms with Crippen molar-refractivity contribution in [1.82, 2.24) is 20.1 Å². The van der Waals surface area contributed by atoms with Gasteiger partial charge in [-0.3, -0.25) is 9.78 Å². The van der Waals surface area contributed by atoms with Crippen LogP contribution < -0.4 is 10.1 Å². The van der Waals surface area contributed by atoms with Crippen LogP contribution in [0.15, 0.2) is 85.3 Å². The molecule has 0 aliphatic carbocycles. The van der Waals surface area contributed by atoms with E-state index in [1.54, 1.807) is 48.3 Å². The summed E-state index contributed by atoms with van der Waals surface area (Å²) in [4.78, 5) is 17.3. The predicted octanol–water partition coefficient (Wildman–Crippen LogP) is 5.73. The lowest BCUT2D eigenvalue weighted by Crippen LogP contribution is -2.23. The number of hydrogen-bond acceptors (Lipinski definition) is 4. The molecular formula is C27H20F2N4O2. The summed E-state index contributed by atoms with van der Waals surface area (Å²) in [6.07, 6.45) is 5.22. The first-order valence-corrected chi connectivity index (χ1v) is 10.9. The van der Waals surface area contributed by atoms with Crippen LogP contribution in [0.5, 0.6) is 11.5 Å². The number of carbonyl (C=O) groups is 1. The first-order valence-electron chi connectivity index (χ1n) is 10.9. The standard InChI is InChI=1S/C27H20F2N4O2/c1-17-22(27(34)31-16-18-12-19(28)14-20(29)13-18)4-2-5-25(17)35-26-8-10-30-24-15-21(6-7-23(24)26)33-11-3-9-32-33/h2-15H,16H2,1H3,(H,31,34). The second kappa shape index (κ2) is 9.34. The van der Waals surface area contributed by atoms with Gasteiger partial charge in [0.05, 0.1) is 11.2 Å². The molecule has 1 N–H and O–H groups in total. The van der Waals surface area contributed by atoms with Crippen molar-refractivity contribution < 1.29 is 18.3 Å². The van der Waals surface area contributed by atoms with Gasteiger partial charge in [0.25, 0.3) is 5.91 Å². The third-order valence-corrected chi connectivity index (χ3v) is 5.58. The van der Waals surface area contributed by atoms with Gasteiger partial charge in [0, 0.05) is 47.7 Å². The molecule has 0 unspecified atom stereocenters. The number of nitrogens with one attached hydrogen (secondary N) is 1. The number of carbonyl (C=O) groups excluding carboxylic acids is 1. The summed E-state index contributed by atoms with van der Waals surface area (Å²) in [6.45, 7) is 1.77. The largest absolute Gasteiger partial charge is 0.456 e. The zero-order chi connectivity index (χ0) is 24.4. The molecule has 0 radical (unpaired) electrons. The van der Waals surface area contributed by atoms with Crippen LogP contribution in [0.2, 0.25) is 0 Å². The van der Waals surface area contributed by atoms with Crippen LogP contribution >= 0.6 is 0 Å². The molecule has 6 nitrogen and oxygen atoms in total. The summed E-state index contributed by atoms with van der Waals surface area (Å²) >= 11 is 0. The fourth-order valence-electron chi connectivity index (χ4n) is 3.84. The zero-order valence-electron chi connectivity index (χ0n) is 18.7. The van der Waals surface area contributed by atoms with Crippen molar-refractivity contribution in [3.8, 4) is 17.2 Å². The van der Waals surface area contributed by atoms with E-state index in [2.05, 4.69) is 15.4 Å². The van der Waals surface area contributed by atoms with Gasteiger partial charge in [-0.2, -0.15) is 5.10 Å². The zero-order valence-corrected chi connectivity index (χ0v) is 18.7. The number of hydrogen-bond donors (Lipinski definition) is 1. The summed E-state index contributed by atoms with van der Waals surface area (Å²) < 4.78 is 34.8. The van der Waals surface area contributed by atoms with Gasteiger partial charge in [-0.05, 0) is 67.1 Å². The molecule has 0 atom stereocenters. The van der Waals surface area contributed by atoms with Crippen molar-refractivity contribution >= 4 is 16.8 Å². The molecule has 0 aliphatic heterocycles. The topological polar surface area (TPSA) is 69.0 Å². The van der Waals surface area contributed by atoms with Crippen molar-refractivity contribution in [3.05, 3.63) is 114 Å². The van der Waals surface area contributed by atoms with E-state index in [4.69, 9.17) is 4.74 Å². The number of nitrogens with zero attached hydrogens (tertiary/aromatic N) is 3. The van der Waals surface area contributed by atoms with Crippen LogP contribution in [0.4, 0.5) is 8.78 Å². The van der Waals surface area contributed by atoms with E-state index in [1.807, 2.05) is 30.5 Å². The average molecular weight is 470 g/mol. The van der Waals surface area contributed by atoms with Crippen LogP contribution in [0.3, 0.4) is 0 Å². The normalized spacial score (nSPS) is 10.9. The Hall–Kier alpha value is -4.59. The number of benzene rings is 3. The smallest absolute Gasteiger partial charge is 0.251 e. The molecule has 0 spiro atoms. The number of rotatable bonds is 6. The fraction of sp³-hybridized carbons (Fsp3) is 0.0741. The maximum absolute atomic E-state index is 13.4. The van der Waals surface area contributed by atoms with Gasteiger partial charge in [-0.15, -0.1) is 0 Å². The van der Waals surface area contributed by atoms with E-state index in [1.165, 1.54) is 12.1 Å². The number of aromatic nitrogens is 3. The first kappa shape index (κ1) is 22.2. The number of ether oxygens (including phenoxy) is 1. The molecule has 5 aromatic rings. The third-order valence-electron chi connectivity index (χ3n) is 5.58. The first-order chi connectivity index (χ1) is 17.0. The van der Waals surface area contributed by atoms with E-state index in [0.717, 1.165) is 22.7 Å². The van der Waals surface area contributed by atoms with Crippen LogP contribution in [-0.4, -0.2) is 20.7 Å². The Kier molecular flexibility index (Phi) is 5.93. The monoisotopic (exact) mass is 470 g/mol. The summed E-state index contributed by atoms with van der Waals surface area (Å²) in [5.41, 5.74) is 2.98. The van der Waals surface area contributed by atoms with Crippen LogP contribution in [0, 0.1) is 18.6 Å². The molecule has 0 saturated carbocycles. The lowest BCUT2D eigenvalue weighted by atomic mass is 10.1. The fourth-order valence-corrected chi connectivity index (χ4v) is 3.84. The summed E-state index contributed by atoms with van der Waals surface area (Å²) in [5.74, 6) is -0.652. The van der Waals surface area contributed by atoms with Crippen molar-refractivity contribution in [1.29, 1.82) is 0 Å². The molecular weight excluding hydrogens is 450 g/mol. The highest BCUT2D eigenvalue weighted by Gasteiger charge is 2.15. The van der Waals surface area contributed by atoms with Crippen molar-refractivity contribution in [2.45, 2.75) is 13.5 Å². The van der Waals surface area contributed by atoms with Gasteiger partial charge in [0.15, 0.2) is 0 Å². The number of fused-ring (bicyclic) bond motifs is 1. The number of halogens is 2. The van der Waals surface area contributed by atoms with Crippen LogP contribution in [0.1, 0.15) is 21.5 Å². The third kappa shape index (κ3) is 4.72. The molecule has 8 heteroatoms. The van der Waals surface area contributed by atoms with Gasteiger partial charge in [-0.25, -0.2) is 13.5 Å². The minimum Gasteiger partial charge on any atom is -0.456 e. The predicted molar refractivity (Wildman–Crippen MR) is 128 cm³/mol. The molecule has 0 fully saturated rings. The highest BCUT2D eigenvalue weighted by Crippen LogP contribution is 2.32. The second-order valence-electron chi connectivity index (χ2n) is 7.95. The highest BCUT2D eigenvalue weighted by molar-refractivity contribution is 5.96. The number of amides is 1. The Morgan fingerprint density at radius 3 is 2.57 bits per heavy atom. The molecule has 3 aromatic carbocycles. The second-order valence-corrected chi connectivity index (χ2v) is 7.95. The van der Waals surface area contributed by atoms with Crippen LogP contribution in [-0.2, 0) is 6.54 Å². The molecule has 0 saturated heterocycles. The summed E-state index contributed by atoms with van der Waals surface area (Å²) in [5, 5.41) is 7.76. The highest BCUT2D eigenvalue weighted by atomic mass is 19.1. The van der Waals surface area contributed by atoms with Gasteiger partial charge in [0.2, 0.25) is 0 Å². The quantitative estimate of drug-likeness (QED) is 0.344. The van der Waals surface area contributed by atoms with Gasteiger partial charge < -0.3 is 10.1 Å². The summed E-state index contributed by atoms with van der Waals surface area (Å²) in [6, 6.07) is 17.7. The summed E-state index contributed by atoms with van der Waals surface area (Å²) in [7, 11) is 0. The van der Waals surface area contributed by atoms with E-state index in [0.29, 0.717) is 28.2 Å². The molecule has 0 bridgehead atoms. The molecule has 2 heterocycles. The minimum atomic E-state index is -0.692. The molecule has 2 aromatic heterocycles. The van der Waals surface area contributed by atoms with Crippen molar-refractivity contribution in [2.75, 3.05) is 0 Å². The lowest BCUT2D eigenvalue weighted by molar-refractivity contribution is 0.0950. The maximum Gasteiger partial charge on any atom is 0.251 e. The molecule has 0 aliphatic rings. The molecule has 174 valence electrons. The van der Waals surface area contributed by atoms with Crippen molar-refractivity contribution in [3.63, 3.8) is 0 Å². The minimum absolute atomic E-state index is 0.00832. The van der Waals surface area contributed by atoms with E-state index < -0.39 is 11.6 Å². The number of pyridine rings is 1. The van der Waals surface area contributed by atoms with Gasteiger partial charge >= 0.3 is 0 Å².